The molecule has 4 nitrogen and oxygen atoms in total. The summed E-state index contributed by atoms with van der Waals surface area (Å²) < 4.78 is 23.9. The van der Waals surface area contributed by atoms with Crippen LogP contribution in [0, 0.1) is 23.2 Å². The first kappa shape index (κ1) is 15.4. The molecule has 22 heavy (non-hydrogen) atoms. The normalized spacial score (nSPS) is 54.1. The predicted octanol–water partition coefficient (Wildman–Crippen LogP) is 2.99. The minimum atomic E-state index is -0.0374. The van der Waals surface area contributed by atoms with Gasteiger partial charge in [-0.2, -0.15) is 0 Å². The molecule has 0 N–H and O–H groups in total. The highest BCUT2D eigenvalue weighted by molar-refractivity contribution is 4.99. The molecule has 0 aromatic rings. The standard InChI is InChI=1S/C18H30O4/c1-10(2)18(7-15-12(4)21-15)8-19-17(20-9-18)13-5-6-14-16(22-14)11(13)3/h10-17H,5-9H2,1-4H3. The van der Waals surface area contributed by atoms with Crippen molar-refractivity contribution >= 4 is 0 Å². The molecule has 6 atom stereocenters. The molecular weight excluding hydrogens is 280 g/mol. The zero-order chi connectivity index (χ0) is 15.5. The molecule has 4 fully saturated rings. The molecule has 3 heterocycles. The predicted molar refractivity (Wildman–Crippen MR) is 82.5 cm³/mol. The maximum Gasteiger partial charge on any atom is 0.160 e. The van der Waals surface area contributed by atoms with E-state index in [0.717, 1.165) is 19.6 Å². The first-order valence-corrected chi connectivity index (χ1v) is 9.04. The number of fused-ring (bicyclic) bond motifs is 1. The van der Waals surface area contributed by atoms with Crippen molar-refractivity contribution in [2.45, 2.75) is 77.7 Å². The van der Waals surface area contributed by atoms with Crippen LogP contribution in [0.15, 0.2) is 0 Å². The lowest BCUT2D eigenvalue weighted by molar-refractivity contribution is -0.268. The van der Waals surface area contributed by atoms with Gasteiger partial charge in [0, 0.05) is 11.3 Å². The Labute approximate surface area is 133 Å². The van der Waals surface area contributed by atoms with Crippen LogP contribution in [0.5, 0.6) is 0 Å². The average molecular weight is 310 g/mol. The minimum absolute atomic E-state index is 0.0374. The van der Waals surface area contributed by atoms with Crippen LogP contribution in [-0.2, 0) is 18.9 Å². The Morgan fingerprint density at radius 3 is 2.32 bits per heavy atom. The number of hydrogen-bond donors (Lipinski definition) is 0. The van der Waals surface area contributed by atoms with E-state index in [1.165, 1.54) is 12.8 Å². The van der Waals surface area contributed by atoms with Crippen LogP contribution in [0.3, 0.4) is 0 Å². The van der Waals surface area contributed by atoms with Crippen molar-refractivity contribution in [1.29, 1.82) is 0 Å². The van der Waals surface area contributed by atoms with E-state index >= 15 is 0 Å². The van der Waals surface area contributed by atoms with Gasteiger partial charge >= 0.3 is 0 Å². The molecule has 0 aromatic carbocycles. The number of ether oxygens (including phenoxy) is 4. The SMILES string of the molecule is CC1OC1CC1(C(C)C)COC(C2CCC3OC3C2C)OC1. The van der Waals surface area contributed by atoms with E-state index in [-0.39, 0.29) is 11.7 Å². The molecular formula is C18H30O4. The molecule has 126 valence electrons. The maximum atomic E-state index is 6.26. The lowest BCUT2D eigenvalue weighted by Gasteiger charge is -2.45. The molecule has 4 aliphatic rings. The quantitative estimate of drug-likeness (QED) is 0.749. The third-order valence-electron chi connectivity index (χ3n) is 6.69. The molecule has 4 rings (SSSR count). The van der Waals surface area contributed by atoms with Crippen LogP contribution in [-0.4, -0.2) is 43.9 Å². The Hall–Kier alpha value is -0.160. The van der Waals surface area contributed by atoms with Crippen LogP contribution in [0.25, 0.3) is 0 Å². The monoisotopic (exact) mass is 310 g/mol. The van der Waals surface area contributed by atoms with Crippen LogP contribution >= 0.6 is 0 Å². The highest BCUT2D eigenvalue weighted by atomic mass is 16.7. The Morgan fingerprint density at radius 1 is 1.05 bits per heavy atom. The number of rotatable bonds is 4. The third-order valence-corrected chi connectivity index (χ3v) is 6.69. The summed E-state index contributed by atoms with van der Waals surface area (Å²) >= 11 is 0. The average Bonchev–Trinajstić information content (AvgIpc) is 3.39. The van der Waals surface area contributed by atoms with Crippen molar-refractivity contribution in [2.75, 3.05) is 13.2 Å². The van der Waals surface area contributed by atoms with Crippen LogP contribution < -0.4 is 0 Å². The fraction of sp³-hybridized carbons (Fsp3) is 1.00. The van der Waals surface area contributed by atoms with Crippen molar-refractivity contribution in [3.05, 3.63) is 0 Å². The summed E-state index contributed by atoms with van der Waals surface area (Å²) in [5.41, 5.74) is 0.114. The second-order valence-electron chi connectivity index (χ2n) is 8.33. The van der Waals surface area contributed by atoms with E-state index in [4.69, 9.17) is 18.9 Å². The van der Waals surface area contributed by atoms with Crippen molar-refractivity contribution in [3.63, 3.8) is 0 Å². The summed E-state index contributed by atoms with van der Waals surface area (Å²) in [6, 6.07) is 0. The van der Waals surface area contributed by atoms with Crippen molar-refractivity contribution in [1.82, 2.24) is 0 Å². The van der Waals surface area contributed by atoms with Gasteiger partial charge in [0.15, 0.2) is 6.29 Å². The molecule has 4 heteroatoms. The number of epoxide rings is 2. The molecule has 1 saturated carbocycles. The van der Waals surface area contributed by atoms with Gasteiger partial charge in [0.05, 0.1) is 37.6 Å². The zero-order valence-electron chi connectivity index (χ0n) is 14.3. The minimum Gasteiger partial charge on any atom is -0.370 e. The Morgan fingerprint density at radius 2 is 1.73 bits per heavy atom. The van der Waals surface area contributed by atoms with Crippen molar-refractivity contribution in [3.8, 4) is 0 Å². The van der Waals surface area contributed by atoms with Gasteiger partial charge < -0.3 is 18.9 Å². The summed E-state index contributed by atoms with van der Waals surface area (Å²) in [6.45, 7) is 10.6. The topological polar surface area (TPSA) is 43.5 Å². The summed E-state index contributed by atoms with van der Waals surface area (Å²) in [4.78, 5) is 0. The second kappa shape index (κ2) is 5.44. The second-order valence-corrected chi connectivity index (χ2v) is 8.33. The lowest BCUT2D eigenvalue weighted by atomic mass is 9.73. The van der Waals surface area contributed by atoms with E-state index in [2.05, 4.69) is 27.7 Å². The lowest BCUT2D eigenvalue weighted by Crippen LogP contribution is -2.49. The fourth-order valence-electron chi connectivity index (χ4n) is 4.46. The summed E-state index contributed by atoms with van der Waals surface area (Å²) in [5.74, 6) is 1.59. The molecule has 6 unspecified atom stereocenters. The maximum absolute atomic E-state index is 6.26. The van der Waals surface area contributed by atoms with Gasteiger partial charge in [-0.05, 0) is 38.0 Å². The van der Waals surface area contributed by atoms with Crippen LogP contribution in [0.1, 0.15) is 47.0 Å². The Bertz CT molecular complexity index is 415. The summed E-state index contributed by atoms with van der Waals surface area (Å²) in [6.07, 6.45) is 5.17. The molecule has 0 amide bonds. The molecule has 3 aliphatic heterocycles. The molecule has 0 bridgehead atoms. The molecule has 1 aliphatic carbocycles. The van der Waals surface area contributed by atoms with E-state index < -0.39 is 0 Å². The first-order valence-electron chi connectivity index (χ1n) is 9.04. The fourth-order valence-corrected chi connectivity index (χ4v) is 4.46. The van der Waals surface area contributed by atoms with E-state index in [1.54, 1.807) is 0 Å². The van der Waals surface area contributed by atoms with Gasteiger partial charge in [-0.25, -0.2) is 0 Å². The van der Waals surface area contributed by atoms with E-state index in [1.807, 2.05) is 0 Å². The summed E-state index contributed by atoms with van der Waals surface area (Å²) in [7, 11) is 0. The van der Waals surface area contributed by atoms with Gasteiger partial charge in [0.1, 0.15) is 0 Å². The van der Waals surface area contributed by atoms with Crippen molar-refractivity contribution < 1.29 is 18.9 Å². The van der Waals surface area contributed by atoms with Gasteiger partial charge in [-0.3, -0.25) is 0 Å². The highest BCUT2D eigenvalue weighted by Crippen LogP contribution is 2.48. The molecule has 0 radical (unpaired) electrons. The Balaban J connectivity index is 1.38. The van der Waals surface area contributed by atoms with Crippen molar-refractivity contribution in [2.24, 2.45) is 23.2 Å². The number of hydrogen-bond acceptors (Lipinski definition) is 4. The zero-order valence-corrected chi connectivity index (χ0v) is 14.3. The van der Waals surface area contributed by atoms with Crippen LogP contribution in [0.4, 0.5) is 0 Å². The van der Waals surface area contributed by atoms with Gasteiger partial charge in [0.2, 0.25) is 0 Å². The van der Waals surface area contributed by atoms with E-state index in [9.17, 15) is 0 Å². The highest BCUT2D eigenvalue weighted by Gasteiger charge is 2.54. The van der Waals surface area contributed by atoms with Gasteiger partial charge in [0.25, 0.3) is 0 Å². The Kier molecular flexibility index (Phi) is 3.80. The smallest absolute Gasteiger partial charge is 0.160 e. The van der Waals surface area contributed by atoms with Gasteiger partial charge in [-0.1, -0.05) is 20.8 Å². The molecule has 0 aromatic heterocycles. The third kappa shape index (κ3) is 2.62. The first-order chi connectivity index (χ1) is 10.5. The van der Waals surface area contributed by atoms with Gasteiger partial charge in [-0.15, -0.1) is 0 Å². The van der Waals surface area contributed by atoms with E-state index in [0.29, 0.717) is 42.2 Å². The largest absolute Gasteiger partial charge is 0.370 e. The molecule has 0 spiro atoms. The van der Waals surface area contributed by atoms with Crippen LogP contribution in [0.2, 0.25) is 0 Å². The molecule has 3 saturated heterocycles. The summed E-state index contributed by atoms with van der Waals surface area (Å²) in [5, 5.41) is 0.